The lowest BCUT2D eigenvalue weighted by molar-refractivity contribution is 0.0734. The van der Waals surface area contributed by atoms with E-state index < -0.39 is 0 Å². The van der Waals surface area contributed by atoms with Crippen LogP contribution in [0.1, 0.15) is 54.7 Å². The third-order valence-electron chi connectivity index (χ3n) is 4.80. The van der Waals surface area contributed by atoms with E-state index in [1.807, 2.05) is 33.8 Å². The Morgan fingerprint density at radius 3 is 2.78 bits per heavy atom. The van der Waals surface area contributed by atoms with Crippen molar-refractivity contribution in [2.75, 3.05) is 19.6 Å². The molecule has 1 aliphatic rings. The van der Waals surface area contributed by atoms with Crippen molar-refractivity contribution in [3.63, 3.8) is 0 Å². The first-order valence-electron chi connectivity index (χ1n) is 9.34. The van der Waals surface area contributed by atoms with Gasteiger partial charge in [0.25, 0.3) is 5.91 Å². The Labute approximate surface area is 171 Å². The number of piperidine rings is 1. The molecule has 1 amide bonds. The summed E-state index contributed by atoms with van der Waals surface area (Å²) in [5.41, 5.74) is 1.36. The summed E-state index contributed by atoms with van der Waals surface area (Å²) in [5.74, 6) is -0.0847. The zero-order chi connectivity index (χ0) is 18.4. The number of hydrogen-bond donors (Lipinski definition) is 1. The predicted octanol–water partition coefficient (Wildman–Crippen LogP) is 3.72. The second-order valence-electron chi connectivity index (χ2n) is 6.74. The molecule has 0 saturated carbocycles. The van der Waals surface area contributed by atoms with Gasteiger partial charge in [-0.2, -0.15) is 0 Å². The predicted molar refractivity (Wildman–Crippen MR) is 110 cm³/mol. The van der Waals surface area contributed by atoms with Crippen LogP contribution in [0.15, 0.2) is 30.5 Å². The van der Waals surface area contributed by atoms with Crippen LogP contribution in [0.2, 0.25) is 5.02 Å². The molecule has 1 fully saturated rings. The van der Waals surface area contributed by atoms with Gasteiger partial charge in [-0.1, -0.05) is 48.4 Å². The number of benzene rings is 1. The van der Waals surface area contributed by atoms with Crippen LogP contribution in [0.4, 0.5) is 0 Å². The number of carbonyl (C=O) groups excluding carboxylic acids is 1. The van der Waals surface area contributed by atoms with Gasteiger partial charge in [0.15, 0.2) is 5.69 Å². The zero-order valence-electron chi connectivity index (χ0n) is 15.6. The Balaban J connectivity index is 0.00000261. The number of rotatable bonds is 7. The van der Waals surface area contributed by atoms with Crippen molar-refractivity contribution in [2.45, 2.75) is 45.2 Å². The molecule has 6 nitrogen and oxygen atoms in total. The Hall–Kier alpha value is -1.63. The fourth-order valence-corrected chi connectivity index (χ4v) is 3.42. The molecular formula is C19H27Cl2N5O. The van der Waals surface area contributed by atoms with E-state index in [9.17, 15) is 4.79 Å². The first-order chi connectivity index (χ1) is 12.7. The van der Waals surface area contributed by atoms with Gasteiger partial charge in [-0.3, -0.25) is 4.79 Å². The summed E-state index contributed by atoms with van der Waals surface area (Å²) in [7, 11) is 0. The molecule has 27 heavy (non-hydrogen) atoms. The van der Waals surface area contributed by atoms with Crippen LogP contribution in [0.5, 0.6) is 0 Å². The zero-order valence-corrected chi connectivity index (χ0v) is 17.2. The van der Waals surface area contributed by atoms with Gasteiger partial charge in [-0.25, -0.2) is 4.68 Å². The molecule has 0 aliphatic carbocycles. The number of nitrogens with zero attached hydrogens (tertiary/aromatic N) is 4. The third kappa shape index (κ3) is 5.67. The van der Waals surface area contributed by atoms with Gasteiger partial charge in [-0.05, 0) is 44.0 Å². The second kappa shape index (κ2) is 10.6. The summed E-state index contributed by atoms with van der Waals surface area (Å²) >= 11 is 6.28. The summed E-state index contributed by atoms with van der Waals surface area (Å²) in [6, 6.07) is 7.97. The van der Waals surface area contributed by atoms with E-state index in [0.717, 1.165) is 44.3 Å². The molecule has 0 atom stereocenters. The number of carbonyl (C=O) groups is 1. The van der Waals surface area contributed by atoms with Gasteiger partial charge in [0.1, 0.15) is 0 Å². The van der Waals surface area contributed by atoms with Gasteiger partial charge in [0.05, 0.1) is 12.2 Å². The molecule has 2 heterocycles. The molecule has 1 aromatic heterocycles. The molecule has 0 radical (unpaired) electrons. The van der Waals surface area contributed by atoms with Crippen molar-refractivity contribution in [1.29, 1.82) is 0 Å². The van der Waals surface area contributed by atoms with E-state index in [0.29, 0.717) is 29.8 Å². The van der Waals surface area contributed by atoms with Crippen LogP contribution in [0.3, 0.4) is 0 Å². The summed E-state index contributed by atoms with van der Waals surface area (Å²) < 4.78 is 1.85. The number of amides is 1. The number of aromatic nitrogens is 3. The first-order valence-corrected chi connectivity index (χ1v) is 9.72. The average Bonchev–Trinajstić information content (AvgIpc) is 3.17. The minimum Gasteiger partial charge on any atom is -0.333 e. The molecule has 0 bridgehead atoms. The quantitative estimate of drug-likeness (QED) is 0.753. The molecule has 0 unspecified atom stereocenters. The van der Waals surface area contributed by atoms with Crippen LogP contribution in [-0.2, 0) is 6.54 Å². The van der Waals surface area contributed by atoms with Crippen LogP contribution in [0.25, 0.3) is 0 Å². The van der Waals surface area contributed by atoms with E-state index in [1.165, 1.54) is 0 Å². The SMILES string of the molecule is CCCCN(Cc1ccccc1Cl)C(=O)c1cn(C2CCNCC2)nn1.Cl. The minimum atomic E-state index is -0.0847. The van der Waals surface area contributed by atoms with Crippen molar-refractivity contribution in [2.24, 2.45) is 0 Å². The lowest BCUT2D eigenvalue weighted by Gasteiger charge is -2.23. The largest absolute Gasteiger partial charge is 0.333 e. The Bertz CT molecular complexity index is 730. The van der Waals surface area contributed by atoms with Gasteiger partial charge in [0, 0.05) is 18.1 Å². The summed E-state index contributed by atoms with van der Waals surface area (Å²) in [6.07, 6.45) is 5.78. The van der Waals surface area contributed by atoms with Gasteiger partial charge in [0.2, 0.25) is 0 Å². The van der Waals surface area contributed by atoms with Crippen molar-refractivity contribution in [3.05, 3.63) is 46.7 Å². The summed E-state index contributed by atoms with van der Waals surface area (Å²) in [5, 5.41) is 12.4. The van der Waals surface area contributed by atoms with E-state index in [-0.39, 0.29) is 18.3 Å². The Morgan fingerprint density at radius 2 is 2.07 bits per heavy atom. The van der Waals surface area contributed by atoms with Crippen LogP contribution < -0.4 is 5.32 Å². The number of nitrogens with one attached hydrogen (secondary N) is 1. The molecule has 1 saturated heterocycles. The number of unbranched alkanes of at least 4 members (excludes halogenated alkanes) is 1. The summed E-state index contributed by atoms with van der Waals surface area (Å²) in [6.45, 7) is 5.23. The normalized spacial score (nSPS) is 14.6. The molecule has 2 aromatic rings. The van der Waals surface area contributed by atoms with Gasteiger partial charge >= 0.3 is 0 Å². The van der Waals surface area contributed by atoms with E-state index in [1.54, 1.807) is 6.20 Å². The smallest absolute Gasteiger partial charge is 0.276 e. The highest BCUT2D eigenvalue weighted by atomic mass is 35.5. The standard InChI is InChI=1S/C19H26ClN5O.ClH/c1-2-3-12-24(13-15-6-4-5-7-17(15)20)19(26)18-14-25(23-22-18)16-8-10-21-11-9-16;/h4-7,14,16,21H,2-3,8-13H2,1H3;1H. The molecule has 0 spiro atoms. The van der Waals surface area contributed by atoms with Crippen molar-refractivity contribution in [1.82, 2.24) is 25.2 Å². The second-order valence-corrected chi connectivity index (χ2v) is 7.14. The highest BCUT2D eigenvalue weighted by molar-refractivity contribution is 6.31. The molecule has 8 heteroatoms. The van der Waals surface area contributed by atoms with Gasteiger partial charge in [-0.15, -0.1) is 17.5 Å². The first kappa shape index (κ1) is 21.7. The Kier molecular flexibility index (Phi) is 8.54. The molecule has 148 valence electrons. The minimum absolute atomic E-state index is 0. The number of hydrogen-bond acceptors (Lipinski definition) is 4. The van der Waals surface area contributed by atoms with Crippen LogP contribution >= 0.6 is 24.0 Å². The Morgan fingerprint density at radius 1 is 1.33 bits per heavy atom. The van der Waals surface area contributed by atoms with E-state index in [2.05, 4.69) is 22.6 Å². The topological polar surface area (TPSA) is 63.1 Å². The fraction of sp³-hybridized carbons (Fsp3) is 0.526. The highest BCUT2D eigenvalue weighted by Gasteiger charge is 2.22. The van der Waals surface area contributed by atoms with E-state index >= 15 is 0 Å². The van der Waals surface area contributed by atoms with Crippen molar-refractivity contribution >= 4 is 29.9 Å². The monoisotopic (exact) mass is 411 g/mol. The third-order valence-corrected chi connectivity index (χ3v) is 5.17. The van der Waals surface area contributed by atoms with Crippen LogP contribution in [-0.4, -0.2) is 45.4 Å². The lowest BCUT2D eigenvalue weighted by atomic mass is 10.1. The van der Waals surface area contributed by atoms with Crippen molar-refractivity contribution < 1.29 is 4.79 Å². The molecule has 1 aromatic carbocycles. The highest BCUT2D eigenvalue weighted by Crippen LogP contribution is 2.20. The molecule has 1 N–H and O–H groups in total. The maximum absolute atomic E-state index is 13.0. The maximum Gasteiger partial charge on any atom is 0.276 e. The van der Waals surface area contributed by atoms with Crippen molar-refractivity contribution in [3.8, 4) is 0 Å². The molecule has 1 aliphatic heterocycles. The lowest BCUT2D eigenvalue weighted by Crippen LogP contribution is -2.32. The molecule has 3 rings (SSSR count). The maximum atomic E-state index is 13.0. The fourth-order valence-electron chi connectivity index (χ4n) is 3.22. The van der Waals surface area contributed by atoms with E-state index in [4.69, 9.17) is 11.6 Å². The number of halogens is 2. The average molecular weight is 412 g/mol. The van der Waals surface area contributed by atoms with Crippen LogP contribution in [0, 0.1) is 0 Å². The summed E-state index contributed by atoms with van der Waals surface area (Å²) in [4.78, 5) is 14.8. The van der Waals surface area contributed by atoms with Gasteiger partial charge < -0.3 is 10.2 Å². The molecular weight excluding hydrogens is 385 g/mol.